The first-order valence-corrected chi connectivity index (χ1v) is 4.49. The molecule has 0 amide bonds. The lowest BCUT2D eigenvalue weighted by molar-refractivity contribution is -0.149. The van der Waals surface area contributed by atoms with Crippen molar-refractivity contribution in [1.82, 2.24) is 0 Å². The van der Waals surface area contributed by atoms with Crippen molar-refractivity contribution in [2.45, 2.75) is 12.2 Å². The Morgan fingerprint density at radius 3 is 2.29 bits per heavy atom. The minimum atomic E-state index is -4.44. The first-order valence-electron chi connectivity index (χ1n) is 3.69. The molecular formula is C8H8BrF3N2. The van der Waals surface area contributed by atoms with E-state index < -0.39 is 12.2 Å². The van der Waals surface area contributed by atoms with Crippen molar-refractivity contribution >= 4 is 21.6 Å². The van der Waals surface area contributed by atoms with Crippen LogP contribution in [0.2, 0.25) is 0 Å². The Morgan fingerprint density at radius 1 is 1.29 bits per heavy atom. The van der Waals surface area contributed by atoms with Crippen LogP contribution in [-0.4, -0.2) is 6.18 Å². The van der Waals surface area contributed by atoms with Gasteiger partial charge in [-0.3, -0.25) is 0 Å². The van der Waals surface area contributed by atoms with Gasteiger partial charge in [-0.25, -0.2) is 0 Å². The van der Waals surface area contributed by atoms with Crippen molar-refractivity contribution in [2.24, 2.45) is 5.73 Å². The second kappa shape index (κ2) is 3.78. The van der Waals surface area contributed by atoms with Crippen molar-refractivity contribution < 1.29 is 13.2 Å². The van der Waals surface area contributed by atoms with Crippen molar-refractivity contribution in [3.8, 4) is 0 Å². The molecule has 0 unspecified atom stereocenters. The zero-order valence-electron chi connectivity index (χ0n) is 6.98. The summed E-state index contributed by atoms with van der Waals surface area (Å²) in [5.41, 5.74) is 10.6. The van der Waals surface area contributed by atoms with Crippen LogP contribution in [0, 0.1) is 0 Å². The Hall–Kier alpha value is -0.750. The van der Waals surface area contributed by atoms with Crippen LogP contribution < -0.4 is 11.5 Å². The number of alkyl halides is 3. The van der Waals surface area contributed by atoms with Gasteiger partial charge in [0.2, 0.25) is 0 Å². The third-order valence-electron chi connectivity index (χ3n) is 1.73. The van der Waals surface area contributed by atoms with E-state index in [-0.39, 0.29) is 11.3 Å². The molecule has 78 valence electrons. The molecule has 1 rings (SSSR count). The molecule has 0 radical (unpaired) electrons. The Balaban J connectivity index is 3.03. The van der Waals surface area contributed by atoms with Gasteiger partial charge >= 0.3 is 6.18 Å². The number of nitrogen functional groups attached to an aromatic ring is 1. The molecule has 0 saturated carbocycles. The summed E-state index contributed by atoms with van der Waals surface area (Å²) in [6.45, 7) is 0. The molecule has 0 saturated heterocycles. The minimum absolute atomic E-state index is 0.0433. The smallest absolute Gasteiger partial charge is 0.398 e. The van der Waals surface area contributed by atoms with Crippen LogP contribution in [0.3, 0.4) is 0 Å². The number of hydrogen-bond acceptors (Lipinski definition) is 2. The molecule has 14 heavy (non-hydrogen) atoms. The molecule has 0 spiro atoms. The number of hydrogen-bond donors (Lipinski definition) is 2. The quantitative estimate of drug-likeness (QED) is 0.770. The fourth-order valence-electron chi connectivity index (χ4n) is 0.945. The van der Waals surface area contributed by atoms with E-state index in [2.05, 4.69) is 15.9 Å². The fraction of sp³-hybridized carbons (Fsp3) is 0.250. The van der Waals surface area contributed by atoms with Crippen LogP contribution in [0.4, 0.5) is 18.9 Å². The molecule has 4 N–H and O–H groups in total. The molecule has 0 aliphatic carbocycles. The molecule has 0 fully saturated rings. The third-order valence-corrected chi connectivity index (χ3v) is 2.45. The molecule has 0 aliphatic heterocycles. The molecule has 1 atom stereocenters. The van der Waals surface area contributed by atoms with Crippen LogP contribution in [0.1, 0.15) is 11.6 Å². The maximum Gasteiger partial charge on any atom is 0.407 e. The predicted octanol–water partition coefficient (Wildman–Crippen LogP) is 2.59. The van der Waals surface area contributed by atoms with E-state index in [1.54, 1.807) is 0 Å². The standard InChI is InChI=1S/C8H8BrF3N2/c9-5-2-1-4(3-6(5)13)7(14)8(10,11)12/h1-3,7H,13-14H2/t7-/m1/s1. The molecule has 0 bridgehead atoms. The van der Waals surface area contributed by atoms with Crippen LogP contribution in [0.25, 0.3) is 0 Å². The summed E-state index contributed by atoms with van der Waals surface area (Å²) < 4.78 is 37.1. The molecule has 6 heteroatoms. The van der Waals surface area contributed by atoms with Crippen molar-refractivity contribution in [1.29, 1.82) is 0 Å². The molecule has 1 aromatic rings. The van der Waals surface area contributed by atoms with Gasteiger partial charge in [0.05, 0.1) is 0 Å². The predicted molar refractivity (Wildman–Crippen MR) is 51.5 cm³/mol. The second-order valence-electron chi connectivity index (χ2n) is 2.80. The molecule has 2 nitrogen and oxygen atoms in total. The zero-order valence-corrected chi connectivity index (χ0v) is 8.56. The number of halogens is 4. The third kappa shape index (κ3) is 2.39. The highest BCUT2D eigenvalue weighted by Crippen LogP contribution is 2.32. The normalized spacial score (nSPS) is 14.1. The van der Waals surface area contributed by atoms with Crippen molar-refractivity contribution in [2.75, 3.05) is 5.73 Å². The number of anilines is 1. The number of benzene rings is 1. The lowest BCUT2D eigenvalue weighted by atomic mass is 10.1. The summed E-state index contributed by atoms with van der Waals surface area (Å²) in [5, 5.41) is 0. The monoisotopic (exact) mass is 268 g/mol. The largest absolute Gasteiger partial charge is 0.407 e. The summed E-state index contributed by atoms with van der Waals surface area (Å²) >= 11 is 3.08. The van der Waals surface area contributed by atoms with E-state index in [1.165, 1.54) is 18.2 Å². The van der Waals surface area contributed by atoms with Crippen LogP contribution in [0.5, 0.6) is 0 Å². The first kappa shape index (κ1) is 11.3. The van der Waals surface area contributed by atoms with Crippen LogP contribution >= 0.6 is 15.9 Å². The van der Waals surface area contributed by atoms with Crippen LogP contribution in [-0.2, 0) is 0 Å². The number of rotatable bonds is 1. The Labute approximate surface area is 87.2 Å². The van der Waals surface area contributed by atoms with Gasteiger partial charge in [0.25, 0.3) is 0 Å². The summed E-state index contributed by atoms with van der Waals surface area (Å²) in [7, 11) is 0. The van der Waals surface area contributed by atoms with Gasteiger partial charge in [-0.05, 0) is 33.6 Å². The molecule has 0 aromatic heterocycles. The summed E-state index contributed by atoms with van der Waals surface area (Å²) in [4.78, 5) is 0. The Morgan fingerprint density at radius 2 is 1.86 bits per heavy atom. The van der Waals surface area contributed by atoms with Crippen LogP contribution in [0.15, 0.2) is 22.7 Å². The van der Waals surface area contributed by atoms with E-state index >= 15 is 0 Å². The molecule has 1 aromatic carbocycles. The van der Waals surface area contributed by atoms with E-state index in [4.69, 9.17) is 11.5 Å². The Bertz CT molecular complexity index is 338. The Kier molecular flexibility index (Phi) is 3.06. The van der Waals surface area contributed by atoms with E-state index in [0.717, 1.165) is 0 Å². The van der Waals surface area contributed by atoms with E-state index in [1.807, 2.05) is 0 Å². The lowest BCUT2D eigenvalue weighted by Gasteiger charge is -2.16. The highest BCUT2D eigenvalue weighted by molar-refractivity contribution is 9.10. The maximum atomic E-state index is 12.2. The maximum absolute atomic E-state index is 12.2. The minimum Gasteiger partial charge on any atom is -0.398 e. The van der Waals surface area contributed by atoms with Gasteiger partial charge in [-0.15, -0.1) is 0 Å². The summed E-state index contributed by atoms with van der Waals surface area (Å²) in [6.07, 6.45) is -4.44. The average Bonchev–Trinajstić information content (AvgIpc) is 2.07. The van der Waals surface area contributed by atoms with Gasteiger partial charge in [0.15, 0.2) is 0 Å². The number of nitrogens with two attached hydrogens (primary N) is 2. The first-order chi connectivity index (χ1) is 6.32. The highest BCUT2D eigenvalue weighted by atomic mass is 79.9. The van der Waals surface area contributed by atoms with E-state index in [0.29, 0.717) is 4.47 Å². The van der Waals surface area contributed by atoms with E-state index in [9.17, 15) is 13.2 Å². The van der Waals surface area contributed by atoms with Gasteiger partial charge < -0.3 is 11.5 Å². The van der Waals surface area contributed by atoms with Gasteiger partial charge in [-0.1, -0.05) is 6.07 Å². The second-order valence-corrected chi connectivity index (χ2v) is 3.65. The van der Waals surface area contributed by atoms with Gasteiger partial charge in [0, 0.05) is 10.2 Å². The molecular weight excluding hydrogens is 261 g/mol. The lowest BCUT2D eigenvalue weighted by Crippen LogP contribution is -2.28. The van der Waals surface area contributed by atoms with Gasteiger partial charge in [-0.2, -0.15) is 13.2 Å². The highest BCUT2D eigenvalue weighted by Gasteiger charge is 2.37. The summed E-state index contributed by atoms with van der Waals surface area (Å²) in [5.74, 6) is 0. The molecule has 0 heterocycles. The topological polar surface area (TPSA) is 52.0 Å². The van der Waals surface area contributed by atoms with Crippen molar-refractivity contribution in [3.63, 3.8) is 0 Å². The SMILES string of the molecule is Nc1cc([C@@H](N)C(F)(F)F)ccc1Br. The average molecular weight is 269 g/mol. The molecule has 0 aliphatic rings. The van der Waals surface area contributed by atoms with Gasteiger partial charge in [0.1, 0.15) is 6.04 Å². The zero-order chi connectivity index (χ0) is 10.9. The summed E-state index contributed by atoms with van der Waals surface area (Å²) in [6, 6.07) is 1.95. The van der Waals surface area contributed by atoms with Crippen molar-refractivity contribution in [3.05, 3.63) is 28.2 Å². The fourth-order valence-corrected chi connectivity index (χ4v) is 1.19.